The van der Waals surface area contributed by atoms with Crippen molar-refractivity contribution in [3.63, 3.8) is 0 Å². The lowest BCUT2D eigenvalue weighted by Gasteiger charge is -2.19. The molecule has 1 unspecified atom stereocenters. The van der Waals surface area contributed by atoms with E-state index in [2.05, 4.69) is 0 Å². The summed E-state index contributed by atoms with van der Waals surface area (Å²) in [6.45, 7) is 0. The summed E-state index contributed by atoms with van der Waals surface area (Å²) in [6.07, 6.45) is 0. The number of halogens is 1. The highest BCUT2D eigenvalue weighted by Gasteiger charge is 2.26. The molecule has 0 amide bonds. The second-order valence-corrected chi connectivity index (χ2v) is 6.92. The van der Waals surface area contributed by atoms with Crippen LogP contribution in [0.1, 0.15) is 17.0 Å². The third-order valence-corrected chi connectivity index (χ3v) is 5.02. The SMILES string of the molecule is COC(=O)C(c1ccccc1)c1cc(-c2ccc(Cl)cc2)nc2ccccc12. The molecular formula is C24H18ClNO2. The molecule has 0 N–H and O–H groups in total. The van der Waals surface area contributed by atoms with Crippen LogP contribution in [0.2, 0.25) is 5.02 Å². The maximum Gasteiger partial charge on any atom is 0.317 e. The second-order valence-electron chi connectivity index (χ2n) is 6.49. The number of esters is 1. The van der Waals surface area contributed by atoms with E-state index in [-0.39, 0.29) is 5.97 Å². The quantitative estimate of drug-likeness (QED) is 0.412. The van der Waals surface area contributed by atoms with Crippen molar-refractivity contribution in [3.05, 3.63) is 101 Å². The summed E-state index contributed by atoms with van der Waals surface area (Å²) in [5, 5.41) is 1.60. The van der Waals surface area contributed by atoms with E-state index in [0.29, 0.717) is 5.02 Å². The maximum absolute atomic E-state index is 12.8. The van der Waals surface area contributed by atoms with Crippen LogP contribution in [0, 0.1) is 0 Å². The fraction of sp³-hybridized carbons (Fsp3) is 0.0833. The zero-order valence-electron chi connectivity index (χ0n) is 15.3. The van der Waals surface area contributed by atoms with Gasteiger partial charge in [-0.1, -0.05) is 72.3 Å². The lowest BCUT2D eigenvalue weighted by molar-refractivity contribution is -0.141. The number of ether oxygens (including phenoxy) is 1. The van der Waals surface area contributed by atoms with E-state index < -0.39 is 5.92 Å². The zero-order valence-corrected chi connectivity index (χ0v) is 16.1. The Morgan fingerprint density at radius 2 is 1.61 bits per heavy atom. The summed E-state index contributed by atoms with van der Waals surface area (Å²) in [4.78, 5) is 17.6. The Bertz CT molecular complexity index is 1120. The van der Waals surface area contributed by atoms with Gasteiger partial charge in [-0.15, -0.1) is 0 Å². The van der Waals surface area contributed by atoms with Crippen molar-refractivity contribution in [2.45, 2.75) is 5.92 Å². The van der Waals surface area contributed by atoms with E-state index in [0.717, 1.165) is 33.3 Å². The van der Waals surface area contributed by atoms with Gasteiger partial charge in [0, 0.05) is 16.0 Å². The summed E-state index contributed by atoms with van der Waals surface area (Å²) in [5.41, 5.74) is 4.31. The number of hydrogen-bond acceptors (Lipinski definition) is 3. The molecule has 4 heteroatoms. The third-order valence-electron chi connectivity index (χ3n) is 4.77. The van der Waals surface area contributed by atoms with Gasteiger partial charge in [0.2, 0.25) is 0 Å². The Morgan fingerprint density at radius 3 is 2.32 bits per heavy atom. The smallest absolute Gasteiger partial charge is 0.317 e. The molecule has 1 atom stereocenters. The number of fused-ring (bicyclic) bond motifs is 1. The summed E-state index contributed by atoms with van der Waals surface area (Å²) in [5.74, 6) is -0.838. The Morgan fingerprint density at radius 1 is 0.929 bits per heavy atom. The molecule has 4 rings (SSSR count). The van der Waals surface area contributed by atoms with E-state index in [1.54, 1.807) is 0 Å². The highest BCUT2D eigenvalue weighted by atomic mass is 35.5. The van der Waals surface area contributed by atoms with Gasteiger partial charge in [0.15, 0.2) is 0 Å². The molecule has 1 heterocycles. The van der Waals surface area contributed by atoms with Gasteiger partial charge in [-0.25, -0.2) is 4.98 Å². The van der Waals surface area contributed by atoms with Gasteiger partial charge in [-0.3, -0.25) is 4.79 Å². The molecule has 0 spiro atoms. The lowest BCUT2D eigenvalue weighted by Crippen LogP contribution is -2.16. The molecule has 0 radical (unpaired) electrons. The zero-order chi connectivity index (χ0) is 19.5. The van der Waals surface area contributed by atoms with E-state index in [1.807, 2.05) is 84.9 Å². The number of nitrogens with zero attached hydrogens (tertiary/aromatic N) is 1. The Labute approximate surface area is 168 Å². The van der Waals surface area contributed by atoms with Gasteiger partial charge >= 0.3 is 5.97 Å². The molecule has 3 nitrogen and oxygen atoms in total. The van der Waals surface area contributed by atoms with Crippen molar-refractivity contribution in [2.24, 2.45) is 0 Å². The fourth-order valence-electron chi connectivity index (χ4n) is 3.42. The van der Waals surface area contributed by atoms with Crippen molar-refractivity contribution in [1.82, 2.24) is 4.98 Å². The minimum atomic E-state index is -0.537. The van der Waals surface area contributed by atoms with E-state index in [9.17, 15) is 4.79 Å². The van der Waals surface area contributed by atoms with Gasteiger partial charge < -0.3 is 4.74 Å². The van der Waals surface area contributed by atoms with Crippen molar-refractivity contribution in [3.8, 4) is 11.3 Å². The van der Waals surface area contributed by atoms with Crippen LogP contribution in [0.25, 0.3) is 22.2 Å². The fourth-order valence-corrected chi connectivity index (χ4v) is 3.54. The Hall–Kier alpha value is -3.17. The molecule has 0 fully saturated rings. The molecule has 4 aromatic rings. The highest BCUT2D eigenvalue weighted by molar-refractivity contribution is 6.30. The monoisotopic (exact) mass is 387 g/mol. The predicted octanol–water partition coefficient (Wildman–Crippen LogP) is 5.86. The minimum absolute atomic E-state index is 0.301. The van der Waals surface area contributed by atoms with Crippen LogP contribution in [0.4, 0.5) is 0 Å². The van der Waals surface area contributed by atoms with Crippen molar-refractivity contribution < 1.29 is 9.53 Å². The van der Waals surface area contributed by atoms with Crippen LogP contribution in [0.15, 0.2) is 84.9 Å². The summed E-state index contributed by atoms with van der Waals surface area (Å²) >= 11 is 6.03. The molecular weight excluding hydrogens is 370 g/mol. The van der Waals surface area contributed by atoms with Crippen LogP contribution in [0.5, 0.6) is 0 Å². The first kappa shape index (κ1) is 18.2. The van der Waals surface area contributed by atoms with Gasteiger partial charge in [0.1, 0.15) is 5.92 Å². The molecule has 0 aliphatic heterocycles. The van der Waals surface area contributed by atoms with Crippen LogP contribution >= 0.6 is 11.6 Å². The molecule has 138 valence electrons. The molecule has 0 bridgehead atoms. The van der Waals surface area contributed by atoms with Crippen LogP contribution in [-0.4, -0.2) is 18.1 Å². The van der Waals surface area contributed by atoms with Crippen LogP contribution in [-0.2, 0) is 9.53 Å². The number of carbonyl (C=O) groups is 1. The summed E-state index contributed by atoms with van der Waals surface area (Å²) in [6, 6.07) is 27.0. The van der Waals surface area contributed by atoms with Gasteiger partial charge in [-0.05, 0) is 35.4 Å². The minimum Gasteiger partial charge on any atom is -0.468 e. The van der Waals surface area contributed by atoms with E-state index >= 15 is 0 Å². The topological polar surface area (TPSA) is 39.2 Å². The molecule has 0 aliphatic rings. The summed E-state index contributed by atoms with van der Waals surface area (Å²) in [7, 11) is 1.42. The third kappa shape index (κ3) is 3.49. The normalized spacial score (nSPS) is 11.9. The molecule has 3 aromatic carbocycles. The predicted molar refractivity (Wildman–Crippen MR) is 112 cm³/mol. The first-order valence-corrected chi connectivity index (χ1v) is 9.33. The van der Waals surface area contributed by atoms with E-state index in [4.69, 9.17) is 21.3 Å². The first-order valence-electron chi connectivity index (χ1n) is 8.96. The number of hydrogen-bond donors (Lipinski definition) is 0. The molecule has 28 heavy (non-hydrogen) atoms. The maximum atomic E-state index is 12.8. The van der Waals surface area contributed by atoms with Crippen LogP contribution in [0.3, 0.4) is 0 Å². The Balaban J connectivity index is 1.98. The second kappa shape index (κ2) is 7.83. The largest absolute Gasteiger partial charge is 0.468 e. The molecule has 0 saturated heterocycles. The Kier molecular flexibility index (Phi) is 5.09. The van der Waals surface area contributed by atoms with Gasteiger partial charge in [0.05, 0.1) is 18.3 Å². The number of benzene rings is 3. The van der Waals surface area contributed by atoms with Gasteiger partial charge in [-0.2, -0.15) is 0 Å². The van der Waals surface area contributed by atoms with E-state index in [1.165, 1.54) is 7.11 Å². The average Bonchev–Trinajstić information content (AvgIpc) is 2.75. The summed E-state index contributed by atoms with van der Waals surface area (Å²) < 4.78 is 5.15. The molecule has 0 aliphatic carbocycles. The van der Waals surface area contributed by atoms with Gasteiger partial charge in [0.25, 0.3) is 0 Å². The average molecular weight is 388 g/mol. The number of aromatic nitrogens is 1. The number of rotatable bonds is 4. The number of carbonyl (C=O) groups excluding carboxylic acids is 1. The highest BCUT2D eigenvalue weighted by Crippen LogP contribution is 2.34. The first-order chi connectivity index (χ1) is 13.7. The van der Waals surface area contributed by atoms with Crippen molar-refractivity contribution in [1.29, 1.82) is 0 Å². The standard InChI is InChI=1S/C24H18ClNO2/c1-28-24(27)23(17-7-3-2-4-8-17)20-15-22(16-11-13-18(25)14-12-16)26-21-10-6-5-9-19(20)21/h2-15,23H,1H3. The molecule has 1 aromatic heterocycles. The van der Waals surface area contributed by atoms with Crippen molar-refractivity contribution in [2.75, 3.05) is 7.11 Å². The van der Waals surface area contributed by atoms with Crippen LogP contribution < -0.4 is 0 Å². The molecule has 0 saturated carbocycles. The number of para-hydroxylation sites is 1. The lowest BCUT2D eigenvalue weighted by atomic mass is 9.88. The number of methoxy groups -OCH3 is 1. The number of pyridine rings is 1. The van der Waals surface area contributed by atoms with Crippen molar-refractivity contribution >= 4 is 28.5 Å².